The molecule has 2 heterocycles. The summed E-state index contributed by atoms with van der Waals surface area (Å²) in [5.74, 6) is 1.48. The van der Waals surface area contributed by atoms with Crippen LogP contribution >= 0.6 is 11.6 Å². The third kappa shape index (κ3) is 4.69. The van der Waals surface area contributed by atoms with Crippen molar-refractivity contribution in [3.05, 3.63) is 76.1 Å². The molecule has 1 saturated heterocycles. The number of piperazine rings is 1. The zero-order valence-electron chi connectivity index (χ0n) is 16.7. The Hall–Kier alpha value is -2.63. The maximum absolute atomic E-state index is 12.7. The Bertz CT molecular complexity index is 1030. The minimum absolute atomic E-state index is 0.147. The quantitative estimate of drug-likeness (QED) is 0.624. The molecule has 1 fully saturated rings. The molecule has 4 rings (SSSR count). The first-order valence-electron chi connectivity index (χ1n) is 9.76. The molecule has 0 bridgehead atoms. The Morgan fingerprint density at radius 1 is 1.07 bits per heavy atom. The van der Waals surface area contributed by atoms with Gasteiger partial charge in [-0.2, -0.15) is 0 Å². The van der Waals surface area contributed by atoms with E-state index < -0.39 is 0 Å². The Labute approximate surface area is 175 Å². The number of aryl methyl sites for hydroxylation is 2. The zero-order chi connectivity index (χ0) is 20.4. The smallest absolute Gasteiger partial charge is 0.237 e. The summed E-state index contributed by atoms with van der Waals surface area (Å²) in [6.07, 6.45) is 0. The van der Waals surface area contributed by atoms with E-state index in [1.54, 1.807) is 0 Å². The van der Waals surface area contributed by atoms with Gasteiger partial charge in [-0.25, -0.2) is 4.98 Å². The lowest BCUT2D eigenvalue weighted by Crippen LogP contribution is -2.49. The van der Waals surface area contributed by atoms with E-state index in [2.05, 4.69) is 35.0 Å². The van der Waals surface area contributed by atoms with Gasteiger partial charge in [0.25, 0.3) is 0 Å². The molecule has 1 aliphatic rings. The fraction of sp³-hybridized carbons (Fsp3) is 0.304. The van der Waals surface area contributed by atoms with Crippen LogP contribution in [0.5, 0.6) is 0 Å². The van der Waals surface area contributed by atoms with E-state index in [0.29, 0.717) is 37.1 Å². The van der Waals surface area contributed by atoms with Gasteiger partial charge in [0, 0.05) is 36.8 Å². The third-order valence-electron chi connectivity index (χ3n) is 5.19. The van der Waals surface area contributed by atoms with E-state index in [-0.39, 0.29) is 5.91 Å². The standard InChI is InChI=1S/C23H24ClN3O2/c1-16-5-3-6-18(11-16)13-27-10-9-26(15-22(27)28)14-21-17(2)29-23(25-21)19-7-4-8-20(24)12-19/h3-8,11-12H,9-10,13-15H2,1-2H3. The average molecular weight is 410 g/mol. The Morgan fingerprint density at radius 2 is 1.90 bits per heavy atom. The molecule has 0 N–H and O–H groups in total. The van der Waals surface area contributed by atoms with Crippen molar-refractivity contribution in [2.45, 2.75) is 26.9 Å². The predicted octanol–water partition coefficient (Wildman–Crippen LogP) is 4.46. The van der Waals surface area contributed by atoms with Crippen LogP contribution in [0.1, 0.15) is 22.6 Å². The fourth-order valence-electron chi connectivity index (χ4n) is 3.62. The Kier molecular flexibility index (Phi) is 5.69. The van der Waals surface area contributed by atoms with E-state index in [0.717, 1.165) is 23.6 Å². The summed E-state index contributed by atoms with van der Waals surface area (Å²) in [5.41, 5.74) is 4.10. The summed E-state index contributed by atoms with van der Waals surface area (Å²) in [7, 11) is 0. The van der Waals surface area contributed by atoms with Crippen LogP contribution in [0.4, 0.5) is 0 Å². The summed E-state index contributed by atoms with van der Waals surface area (Å²) < 4.78 is 5.84. The number of carbonyl (C=O) groups excluding carboxylic acids is 1. The molecular formula is C23H24ClN3O2. The largest absolute Gasteiger partial charge is 0.441 e. The van der Waals surface area contributed by atoms with Gasteiger partial charge in [0.15, 0.2) is 0 Å². The van der Waals surface area contributed by atoms with Crippen molar-refractivity contribution >= 4 is 17.5 Å². The van der Waals surface area contributed by atoms with Gasteiger partial charge in [-0.15, -0.1) is 0 Å². The highest BCUT2D eigenvalue weighted by atomic mass is 35.5. The normalized spacial score (nSPS) is 15.1. The van der Waals surface area contributed by atoms with Crippen LogP contribution in [0.2, 0.25) is 5.02 Å². The van der Waals surface area contributed by atoms with Crippen LogP contribution in [-0.2, 0) is 17.9 Å². The van der Waals surface area contributed by atoms with Crippen molar-refractivity contribution in [3.63, 3.8) is 0 Å². The molecule has 0 saturated carbocycles. The number of carbonyl (C=O) groups is 1. The van der Waals surface area contributed by atoms with Crippen molar-refractivity contribution in [3.8, 4) is 11.5 Å². The van der Waals surface area contributed by atoms with Crippen molar-refractivity contribution in [2.24, 2.45) is 0 Å². The molecule has 150 valence electrons. The molecule has 1 aliphatic heterocycles. The molecule has 6 heteroatoms. The van der Waals surface area contributed by atoms with Crippen LogP contribution in [0.15, 0.2) is 52.9 Å². The molecule has 0 aliphatic carbocycles. The highest BCUT2D eigenvalue weighted by Gasteiger charge is 2.25. The summed E-state index contributed by atoms with van der Waals surface area (Å²) in [4.78, 5) is 21.4. The molecule has 29 heavy (non-hydrogen) atoms. The second-order valence-corrected chi connectivity index (χ2v) is 7.98. The molecule has 0 atom stereocenters. The maximum Gasteiger partial charge on any atom is 0.237 e. The van der Waals surface area contributed by atoms with Crippen molar-refractivity contribution in [2.75, 3.05) is 19.6 Å². The number of amides is 1. The van der Waals surface area contributed by atoms with E-state index in [9.17, 15) is 4.79 Å². The summed E-state index contributed by atoms with van der Waals surface area (Å²) in [5, 5.41) is 0.648. The van der Waals surface area contributed by atoms with Crippen LogP contribution < -0.4 is 0 Å². The number of hydrogen-bond donors (Lipinski definition) is 0. The molecular weight excluding hydrogens is 386 g/mol. The molecule has 0 radical (unpaired) electrons. The average Bonchev–Trinajstić information content (AvgIpc) is 3.05. The number of halogens is 1. The monoisotopic (exact) mass is 409 g/mol. The summed E-state index contributed by atoms with van der Waals surface area (Å²) in [6.45, 7) is 7.16. The van der Waals surface area contributed by atoms with Crippen molar-refractivity contribution < 1.29 is 9.21 Å². The molecule has 1 aromatic heterocycles. The molecule has 1 amide bonds. The van der Waals surface area contributed by atoms with Gasteiger partial charge >= 0.3 is 0 Å². The van der Waals surface area contributed by atoms with E-state index in [1.165, 1.54) is 11.1 Å². The minimum atomic E-state index is 0.147. The Balaban J connectivity index is 1.40. The molecule has 2 aromatic carbocycles. The minimum Gasteiger partial charge on any atom is -0.441 e. The molecule has 3 aromatic rings. The predicted molar refractivity (Wildman–Crippen MR) is 114 cm³/mol. The van der Waals surface area contributed by atoms with Crippen molar-refractivity contribution in [1.29, 1.82) is 0 Å². The number of oxazole rings is 1. The van der Waals surface area contributed by atoms with E-state index >= 15 is 0 Å². The lowest BCUT2D eigenvalue weighted by Gasteiger charge is -2.34. The second kappa shape index (κ2) is 8.39. The highest BCUT2D eigenvalue weighted by molar-refractivity contribution is 6.30. The van der Waals surface area contributed by atoms with Gasteiger partial charge in [0.1, 0.15) is 5.76 Å². The first kappa shape index (κ1) is 19.7. The first-order valence-corrected chi connectivity index (χ1v) is 10.1. The van der Waals surface area contributed by atoms with Crippen LogP contribution in [0.3, 0.4) is 0 Å². The SMILES string of the molecule is Cc1cccc(CN2CCN(Cc3nc(-c4cccc(Cl)c4)oc3C)CC2=O)c1. The number of aromatic nitrogens is 1. The maximum atomic E-state index is 12.7. The van der Waals surface area contributed by atoms with E-state index in [4.69, 9.17) is 16.0 Å². The number of nitrogens with zero attached hydrogens (tertiary/aromatic N) is 3. The molecule has 5 nitrogen and oxygen atoms in total. The van der Waals surface area contributed by atoms with Gasteiger partial charge in [-0.1, -0.05) is 47.5 Å². The Morgan fingerprint density at radius 3 is 2.66 bits per heavy atom. The van der Waals surface area contributed by atoms with Crippen LogP contribution in [0, 0.1) is 13.8 Å². The third-order valence-corrected chi connectivity index (χ3v) is 5.43. The van der Waals surface area contributed by atoms with Gasteiger partial charge in [-0.05, 0) is 37.6 Å². The van der Waals surface area contributed by atoms with Crippen LogP contribution in [0.25, 0.3) is 11.5 Å². The molecule has 0 spiro atoms. The number of benzene rings is 2. The van der Waals surface area contributed by atoms with Gasteiger partial charge in [0.05, 0.1) is 12.2 Å². The zero-order valence-corrected chi connectivity index (χ0v) is 17.4. The second-order valence-electron chi connectivity index (χ2n) is 7.55. The fourth-order valence-corrected chi connectivity index (χ4v) is 3.81. The number of rotatable bonds is 5. The van der Waals surface area contributed by atoms with Gasteiger partial charge < -0.3 is 9.32 Å². The van der Waals surface area contributed by atoms with Gasteiger partial charge in [0.2, 0.25) is 11.8 Å². The van der Waals surface area contributed by atoms with Gasteiger partial charge in [-0.3, -0.25) is 9.69 Å². The van der Waals surface area contributed by atoms with Crippen LogP contribution in [-0.4, -0.2) is 40.3 Å². The lowest BCUT2D eigenvalue weighted by atomic mass is 10.1. The molecule has 0 unspecified atom stereocenters. The van der Waals surface area contributed by atoms with Crippen molar-refractivity contribution in [1.82, 2.24) is 14.8 Å². The topological polar surface area (TPSA) is 49.6 Å². The van der Waals surface area contributed by atoms with E-state index in [1.807, 2.05) is 42.2 Å². The lowest BCUT2D eigenvalue weighted by molar-refractivity contribution is -0.136. The summed E-state index contributed by atoms with van der Waals surface area (Å²) >= 11 is 6.07. The highest BCUT2D eigenvalue weighted by Crippen LogP contribution is 2.25. The summed E-state index contributed by atoms with van der Waals surface area (Å²) in [6, 6.07) is 15.8. The number of hydrogen-bond acceptors (Lipinski definition) is 4. The first-order chi connectivity index (χ1) is 14.0.